The van der Waals surface area contributed by atoms with E-state index in [0.29, 0.717) is 12.4 Å². The maximum atomic E-state index is 13.8. The van der Waals surface area contributed by atoms with Crippen LogP contribution in [0.1, 0.15) is 11.1 Å². The fourth-order valence-corrected chi connectivity index (χ4v) is 2.22. The standard InChI is InChI=1S/C17H20BFO/c1-13-5-4-6-14(11-13)9-10-20-15-7-8-16(18(2)3)17(19)12-15/h4-8,11-12H,9-10H2,1-3H3. The Kier molecular flexibility index (Phi) is 4.83. The molecule has 0 fully saturated rings. The van der Waals surface area contributed by atoms with Crippen molar-refractivity contribution in [1.29, 1.82) is 0 Å². The summed E-state index contributed by atoms with van der Waals surface area (Å²) in [5.41, 5.74) is 3.22. The third kappa shape index (κ3) is 3.86. The highest BCUT2D eigenvalue weighted by atomic mass is 19.1. The van der Waals surface area contributed by atoms with Gasteiger partial charge in [-0.2, -0.15) is 0 Å². The number of hydrogen-bond donors (Lipinski definition) is 0. The number of rotatable bonds is 5. The fourth-order valence-electron chi connectivity index (χ4n) is 2.22. The molecule has 0 aliphatic rings. The first-order valence-corrected chi connectivity index (χ1v) is 7.04. The van der Waals surface area contributed by atoms with E-state index in [0.717, 1.165) is 11.9 Å². The molecule has 2 rings (SSSR count). The molecule has 0 heterocycles. The van der Waals surface area contributed by atoms with Gasteiger partial charge in [0, 0.05) is 12.5 Å². The average Bonchev–Trinajstić information content (AvgIpc) is 2.38. The molecule has 0 aliphatic heterocycles. The van der Waals surface area contributed by atoms with Crippen molar-refractivity contribution in [3.63, 3.8) is 0 Å². The van der Waals surface area contributed by atoms with Gasteiger partial charge in [0.25, 0.3) is 0 Å². The minimum atomic E-state index is -0.187. The van der Waals surface area contributed by atoms with Gasteiger partial charge in [-0.1, -0.05) is 49.5 Å². The van der Waals surface area contributed by atoms with Crippen LogP contribution >= 0.6 is 0 Å². The summed E-state index contributed by atoms with van der Waals surface area (Å²) in [6.07, 6.45) is 0.829. The second kappa shape index (κ2) is 6.60. The molecule has 0 N–H and O–H groups in total. The van der Waals surface area contributed by atoms with Crippen LogP contribution in [-0.4, -0.2) is 13.3 Å². The van der Waals surface area contributed by atoms with Gasteiger partial charge in [0.1, 0.15) is 11.6 Å². The van der Waals surface area contributed by atoms with Crippen LogP contribution in [-0.2, 0) is 6.42 Å². The van der Waals surface area contributed by atoms with Crippen LogP contribution in [0, 0.1) is 12.7 Å². The van der Waals surface area contributed by atoms with Crippen molar-refractivity contribution in [3.8, 4) is 5.75 Å². The van der Waals surface area contributed by atoms with E-state index in [1.54, 1.807) is 0 Å². The molecule has 0 saturated carbocycles. The summed E-state index contributed by atoms with van der Waals surface area (Å²) in [4.78, 5) is 0. The quantitative estimate of drug-likeness (QED) is 0.752. The van der Waals surface area contributed by atoms with E-state index < -0.39 is 0 Å². The number of aryl methyl sites for hydroxylation is 1. The monoisotopic (exact) mass is 270 g/mol. The molecule has 0 amide bonds. The first-order chi connectivity index (χ1) is 9.56. The minimum absolute atomic E-state index is 0.187. The van der Waals surface area contributed by atoms with E-state index in [9.17, 15) is 4.39 Å². The Bertz CT molecular complexity index is 581. The van der Waals surface area contributed by atoms with E-state index in [1.807, 2.05) is 31.8 Å². The molecule has 0 atom stereocenters. The summed E-state index contributed by atoms with van der Waals surface area (Å²) in [6.45, 7) is 6.79. The maximum absolute atomic E-state index is 13.8. The van der Waals surface area contributed by atoms with Crippen LogP contribution in [0.15, 0.2) is 42.5 Å². The molecule has 0 unspecified atom stereocenters. The highest BCUT2D eigenvalue weighted by Gasteiger charge is 2.10. The molecule has 20 heavy (non-hydrogen) atoms. The molecule has 0 saturated heterocycles. The summed E-state index contributed by atoms with van der Waals surface area (Å²) >= 11 is 0. The lowest BCUT2D eigenvalue weighted by Crippen LogP contribution is -2.25. The molecule has 3 heteroatoms. The van der Waals surface area contributed by atoms with Crippen molar-refractivity contribution < 1.29 is 9.13 Å². The van der Waals surface area contributed by atoms with Crippen molar-refractivity contribution in [2.24, 2.45) is 0 Å². The maximum Gasteiger partial charge on any atom is 0.173 e. The number of benzene rings is 2. The first kappa shape index (κ1) is 14.6. The first-order valence-electron chi connectivity index (χ1n) is 7.04. The van der Waals surface area contributed by atoms with Crippen molar-refractivity contribution in [1.82, 2.24) is 0 Å². The van der Waals surface area contributed by atoms with E-state index in [1.165, 1.54) is 17.2 Å². The molecule has 0 spiro atoms. The van der Waals surface area contributed by atoms with Crippen LogP contribution in [0.25, 0.3) is 0 Å². The summed E-state index contributed by atoms with van der Waals surface area (Å²) < 4.78 is 19.4. The smallest absolute Gasteiger partial charge is 0.173 e. The van der Waals surface area contributed by atoms with Crippen molar-refractivity contribution in [3.05, 3.63) is 59.4 Å². The van der Waals surface area contributed by atoms with Gasteiger partial charge in [0.2, 0.25) is 0 Å². The lowest BCUT2D eigenvalue weighted by atomic mass is 9.49. The topological polar surface area (TPSA) is 9.23 Å². The molecule has 0 bridgehead atoms. The molecule has 104 valence electrons. The Labute approximate surface area is 120 Å². The van der Waals surface area contributed by atoms with E-state index in [-0.39, 0.29) is 12.5 Å². The Morgan fingerprint density at radius 3 is 2.55 bits per heavy atom. The van der Waals surface area contributed by atoms with Crippen molar-refractivity contribution in [2.75, 3.05) is 6.61 Å². The Morgan fingerprint density at radius 1 is 1.10 bits per heavy atom. The van der Waals surface area contributed by atoms with Gasteiger partial charge in [-0.25, -0.2) is 4.39 Å². The van der Waals surface area contributed by atoms with Gasteiger partial charge >= 0.3 is 0 Å². The van der Waals surface area contributed by atoms with Crippen molar-refractivity contribution in [2.45, 2.75) is 27.0 Å². The third-order valence-electron chi connectivity index (χ3n) is 3.34. The minimum Gasteiger partial charge on any atom is -0.493 e. The van der Waals surface area contributed by atoms with E-state index >= 15 is 0 Å². The van der Waals surface area contributed by atoms with Gasteiger partial charge in [0.05, 0.1) is 6.61 Å². The average molecular weight is 270 g/mol. The summed E-state index contributed by atoms with van der Waals surface area (Å²) in [5.74, 6) is 0.410. The predicted octanol–water partition coefficient (Wildman–Crippen LogP) is 3.72. The third-order valence-corrected chi connectivity index (χ3v) is 3.34. The highest BCUT2D eigenvalue weighted by Crippen LogP contribution is 2.13. The molecule has 0 aromatic heterocycles. The van der Waals surface area contributed by atoms with Crippen LogP contribution in [0.2, 0.25) is 13.6 Å². The Balaban J connectivity index is 1.93. The molecule has 0 radical (unpaired) electrons. The highest BCUT2D eigenvalue weighted by molar-refractivity contribution is 6.70. The van der Waals surface area contributed by atoms with Gasteiger partial charge in [-0.3, -0.25) is 0 Å². The van der Waals surface area contributed by atoms with Crippen LogP contribution in [0.5, 0.6) is 5.75 Å². The molecule has 2 aromatic rings. The zero-order valence-electron chi connectivity index (χ0n) is 12.3. The lowest BCUT2D eigenvalue weighted by molar-refractivity contribution is 0.320. The second-order valence-corrected chi connectivity index (χ2v) is 5.43. The number of ether oxygens (including phenoxy) is 1. The normalized spacial score (nSPS) is 10.4. The Morgan fingerprint density at radius 2 is 1.90 bits per heavy atom. The van der Waals surface area contributed by atoms with E-state index in [2.05, 4.69) is 25.1 Å². The lowest BCUT2D eigenvalue weighted by Gasteiger charge is -2.09. The fraction of sp³-hybridized carbons (Fsp3) is 0.294. The SMILES string of the molecule is CB(C)c1ccc(OCCc2cccc(C)c2)cc1F. The van der Waals surface area contributed by atoms with E-state index in [4.69, 9.17) is 4.74 Å². The zero-order valence-corrected chi connectivity index (χ0v) is 12.3. The molecule has 0 aliphatic carbocycles. The largest absolute Gasteiger partial charge is 0.493 e. The number of hydrogen-bond acceptors (Lipinski definition) is 1. The van der Waals surface area contributed by atoms with Gasteiger partial charge in [-0.05, 0) is 24.0 Å². The summed E-state index contributed by atoms with van der Waals surface area (Å²) in [7, 11) is 0. The zero-order chi connectivity index (χ0) is 14.5. The number of halogens is 1. The molecular weight excluding hydrogens is 250 g/mol. The summed E-state index contributed by atoms with van der Waals surface area (Å²) in [5, 5.41) is 0. The second-order valence-electron chi connectivity index (χ2n) is 5.43. The van der Waals surface area contributed by atoms with Crippen LogP contribution in [0.4, 0.5) is 4.39 Å². The molecule has 1 nitrogen and oxygen atoms in total. The van der Waals surface area contributed by atoms with Gasteiger partial charge in [0.15, 0.2) is 6.71 Å². The molecule has 2 aromatic carbocycles. The Hall–Kier alpha value is -1.77. The van der Waals surface area contributed by atoms with Crippen molar-refractivity contribution >= 4 is 12.2 Å². The van der Waals surface area contributed by atoms with Crippen LogP contribution < -0.4 is 10.2 Å². The van der Waals surface area contributed by atoms with Crippen LogP contribution in [0.3, 0.4) is 0 Å². The summed E-state index contributed by atoms with van der Waals surface area (Å²) in [6, 6.07) is 13.5. The van der Waals surface area contributed by atoms with Gasteiger partial charge < -0.3 is 4.74 Å². The van der Waals surface area contributed by atoms with Gasteiger partial charge in [-0.15, -0.1) is 0 Å². The predicted molar refractivity (Wildman–Crippen MR) is 83.9 cm³/mol. The molecular formula is C17H20BFO.